The molecule has 1 aromatic heterocycles. The number of aromatic nitrogens is 2. The summed E-state index contributed by atoms with van der Waals surface area (Å²) in [5.41, 5.74) is 1.47. The molecule has 2 aromatic rings. The smallest absolute Gasteiger partial charge is 0.254 e. The number of carbonyl (C=O) groups is 1. The SMILES string of the molecule is CCCNCCNC(=O)c1cnn(-c2cccc(Br)c2)c1.Cl. The normalized spacial score (nSPS) is 10.1. The fourth-order valence-electron chi connectivity index (χ4n) is 1.87. The fraction of sp³-hybridized carbons (Fsp3) is 0.333. The number of hydrogen-bond acceptors (Lipinski definition) is 3. The molecule has 0 spiro atoms. The Balaban J connectivity index is 0.00000242. The van der Waals surface area contributed by atoms with Crippen LogP contribution in [0, 0.1) is 0 Å². The summed E-state index contributed by atoms with van der Waals surface area (Å²) in [7, 11) is 0. The molecule has 0 fully saturated rings. The van der Waals surface area contributed by atoms with Gasteiger partial charge in [0, 0.05) is 23.8 Å². The van der Waals surface area contributed by atoms with Crippen LogP contribution in [0.5, 0.6) is 0 Å². The van der Waals surface area contributed by atoms with Crippen molar-refractivity contribution in [3.8, 4) is 5.69 Å². The molecule has 7 heteroatoms. The Morgan fingerprint density at radius 2 is 2.14 bits per heavy atom. The van der Waals surface area contributed by atoms with Crippen molar-refractivity contribution in [1.82, 2.24) is 20.4 Å². The van der Waals surface area contributed by atoms with Gasteiger partial charge in [-0.15, -0.1) is 12.4 Å². The van der Waals surface area contributed by atoms with E-state index in [2.05, 4.69) is 38.6 Å². The Morgan fingerprint density at radius 3 is 2.86 bits per heavy atom. The summed E-state index contributed by atoms with van der Waals surface area (Å²) >= 11 is 3.42. The van der Waals surface area contributed by atoms with Crippen LogP contribution in [-0.2, 0) is 0 Å². The largest absolute Gasteiger partial charge is 0.351 e. The van der Waals surface area contributed by atoms with E-state index in [1.54, 1.807) is 17.1 Å². The minimum atomic E-state index is -0.102. The van der Waals surface area contributed by atoms with Crippen LogP contribution in [0.3, 0.4) is 0 Å². The maximum Gasteiger partial charge on any atom is 0.254 e. The first-order chi connectivity index (χ1) is 10.2. The molecular formula is C15H20BrClN4O. The molecule has 0 bridgehead atoms. The van der Waals surface area contributed by atoms with E-state index < -0.39 is 0 Å². The van der Waals surface area contributed by atoms with Crippen molar-refractivity contribution in [2.75, 3.05) is 19.6 Å². The van der Waals surface area contributed by atoms with Crippen molar-refractivity contribution in [2.45, 2.75) is 13.3 Å². The number of amides is 1. The summed E-state index contributed by atoms with van der Waals surface area (Å²) in [5.74, 6) is -0.102. The Hall–Kier alpha value is -1.37. The van der Waals surface area contributed by atoms with Crippen LogP contribution in [0.2, 0.25) is 0 Å². The topological polar surface area (TPSA) is 58.9 Å². The first-order valence-electron chi connectivity index (χ1n) is 7.00. The molecule has 2 rings (SSSR count). The zero-order chi connectivity index (χ0) is 15.1. The van der Waals surface area contributed by atoms with E-state index in [0.717, 1.165) is 29.7 Å². The van der Waals surface area contributed by atoms with Crippen molar-refractivity contribution in [1.29, 1.82) is 0 Å². The van der Waals surface area contributed by atoms with Gasteiger partial charge in [-0.2, -0.15) is 5.10 Å². The first-order valence-corrected chi connectivity index (χ1v) is 7.79. The molecule has 0 atom stereocenters. The summed E-state index contributed by atoms with van der Waals surface area (Å²) in [6.45, 7) is 4.47. The molecule has 1 aromatic carbocycles. The average Bonchev–Trinajstić information content (AvgIpc) is 2.97. The second-order valence-electron chi connectivity index (χ2n) is 4.66. The third-order valence-corrected chi connectivity index (χ3v) is 3.42. The lowest BCUT2D eigenvalue weighted by Gasteiger charge is -2.04. The number of benzene rings is 1. The quantitative estimate of drug-likeness (QED) is 0.718. The highest BCUT2D eigenvalue weighted by Gasteiger charge is 2.08. The van der Waals surface area contributed by atoms with Crippen LogP contribution in [0.15, 0.2) is 41.1 Å². The third kappa shape index (κ3) is 5.44. The Kier molecular flexibility index (Phi) is 8.16. The van der Waals surface area contributed by atoms with Crippen LogP contribution in [0.25, 0.3) is 5.69 Å². The number of carbonyl (C=O) groups excluding carboxylic acids is 1. The van der Waals surface area contributed by atoms with E-state index in [1.165, 1.54) is 0 Å². The highest BCUT2D eigenvalue weighted by Crippen LogP contribution is 2.15. The summed E-state index contributed by atoms with van der Waals surface area (Å²) in [6.07, 6.45) is 4.40. The van der Waals surface area contributed by atoms with Gasteiger partial charge in [-0.3, -0.25) is 4.79 Å². The lowest BCUT2D eigenvalue weighted by Crippen LogP contribution is -2.31. The highest BCUT2D eigenvalue weighted by atomic mass is 79.9. The maximum absolute atomic E-state index is 12.0. The van der Waals surface area contributed by atoms with Gasteiger partial charge in [-0.1, -0.05) is 28.9 Å². The Labute approximate surface area is 145 Å². The van der Waals surface area contributed by atoms with Crippen LogP contribution >= 0.6 is 28.3 Å². The molecule has 0 aliphatic rings. The van der Waals surface area contributed by atoms with E-state index in [-0.39, 0.29) is 18.3 Å². The molecule has 1 heterocycles. The summed E-state index contributed by atoms with van der Waals surface area (Å²) in [6, 6.07) is 7.77. The lowest BCUT2D eigenvalue weighted by molar-refractivity contribution is 0.0954. The first kappa shape index (κ1) is 18.7. The van der Waals surface area contributed by atoms with E-state index in [1.807, 2.05) is 24.3 Å². The van der Waals surface area contributed by atoms with Crippen LogP contribution in [0.1, 0.15) is 23.7 Å². The minimum Gasteiger partial charge on any atom is -0.351 e. The van der Waals surface area contributed by atoms with Gasteiger partial charge in [0.2, 0.25) is 0 Å². The number of rotatable bonds is 7. The van der Waals surface area contributed by atoms with Gasteiger partial charge in [0.1, 0.15) is 0 Å². The van der Waals surface area contributed by atoms with Crippen molar-refractivity contribution in [3.63, 3.8) is 0 Å². The second kappa shape index (κ2) is 9.61. The molecule has 0 unspecified atom stereocenters. The molecule has 0 saturated carbocycles. The van der Waals surface area contributed by atoms with Crippen LogP contribution in [0.4, 0.5) is 0 Å². The molecule has 0 radical (unpaired) electrons. The second-order valence-corrected chi connectivity index (χ2v) is 5.58. The van der Waals surface area contributed by atoms with Gasteiger partial charge >= 0.3 is 0 Å². The summed E-state index contributed by atoms with van der Waals surface area (Å²) in [4.78, 5) is 12.0. The fourth-order valence-corrected chi connectivity index (χ4v) is 2.26. The van der Waals surface area contributed by atoms with E-state index in [4.69, 9.17) is 0 Å². The summed E-state index contributed by atoms with van der Waals surface area (Å²) < 4.78 is 2.66. The van der Waals surface area contributed by atoms with Crippen LogP contribution < -0.4 is 10.6 Å². The van der Waals surface area contributed by atoms with Gasteiger partial charge in [0.05, 0.1) is 17.4 Å². The standard InChI is InChI=1S/C15H19BrN4O.ClH/c1-2-6-17-7-8-18-15(21)12-10-19-20(11-12)14-5-3-4-13(16)9-14;/h3-5,9-11,17H,2,6-8H2,1H3,(H,18,21);1H. The monoisotopic (exact) mass is 386 g/mol. The summed E-state index contributed by atoms with van der Waals surface area (Å²) in [5, 5.41) is 10.3. The molecule has 0 aliphatic carbocycles. The number of halogens is 2. The predicted molar refractivity (Wildman–Crippen MR) is 94.0 cm³/mol. The van der Waals surface area contributed by atoms with Gasteiger partial charge in [0.25, 0.3) is 5.91 Å². The van der Waals surface area contributed by atoms with Gasteiger partial charge < -0.3 is 10.6 Å². The van der Waals surface area contributed by atoms with Gasteiger partial charge in [0.15, 0.2) is 0 Å². The number of hydrogen-bond donors (Lipinski definition) is 2. The van der Waals surface area contributed by atoms with Crippen molar-refractivity contribution >= 4 is 34.2 Å². The van der Waals surface area contributed by atoms with Crippen molar-refractivity contribution in [3.05, 3.63) is 46.7 Å². The number of nitrogens with one attached hydrogen (secondary N) is 2. The molecule has 1 amide bonds. The molecule has 0 aliphatic heterocycles. The molecular weight excluding hydrogens is 368 g/mol. The Bertz CT molecular complexity index is 603. The van der Waals surface area contributed by atoms with E-state index in [9.17, 15) is 4.79 Å². The van der Waals surface area contributed by atoms with Gasteiger partial charge in [-0.05, 0) is 31.2 Å². The third-order valence-electron chi connectivity index (χ3n) is 2.93. The molecule has 22 heavy (non-hydrogen) atoms. The highest BCUT2D eigenvalue weighted by molar-refractivity contribution is 9.10. The minimum absolute atomic E-state index is 0. The zero-order valence-corrected chi connectivity index (χ0v) is 14.8. The molecule has 0 saturated heterocycles. The van der Waals surface area contributed by atoms with Crippen molar-refractivity contribution in [2.24, 2.45) is 0 Å². The maximum atomic E-state index is 12.0. The zero-order valence-electron chi connectivity index (χ0n) is 12.4. The molecule has 120 valence electrons. The Morgan fingerprint density at radius 1 is 1.32 bits per heavy atom. The molecule has 5 nitrogen and oxygen atoms in total. The van der Waals surface area contributed by atoms with E-state index in [0.29, 0.717) is 12.1 Å². The van der Waals surface area contributed by atoms with Gasteiger partial charge in [-0.25, -0.2) is 4.68 Å². The molecule has 2 N–H and O–H groups in total. The average molecular weight is 388 g/mol. The lowest BCUT2D eigenvalue weighted by atomic mass is 10.3. The van der Waals surface area contributed by atoms with Crippen molar-refractivity contribution < 1.29 is 4.79 Å². The van der Waals surface area contributed by atoms with Crippen LogP contribution in [-0.4, -0.2) is 35.3 Å². The predicted octanol–water partition coefficient (Wildman–Crippen LogP) is 2.79. The van der Waals surface area contributed by atoms with E-state index >= 15 is 0 Å². The number of nitrogens with zero attached hydrogens (tertiary/aromatic N) is 2.